The van der Waals surface area contributed by atoms with E-state index in [2.05, 4.69) is 48.5 Å². The van der Waals surface area contributed by atoms with Gasteiger partial charge in [0.1, 0.15) is 19.3 Å². The van der Waals surface area contributed by atoms with Gasteiger partial charge in [0.2, 0.25) is 0 Å². The zero-order valence-corrected chi connectivity index (χ0v) is 59.7. The van der Waals surface area contributed by atoms with Crippen LogP contribution in [0.5, 0.6) is 0 Å². The molecule has 0 heterocycles. The maximum atomic E-state index is 13.0. The molecular weight excluding hydrogens is 1170 g/mol. The lowest BCUT2D eigenvalue weighted by atomic mass is 10.0. The molecule has 3 N–H and O–H groups in total. The van der Waals surface area contributed by atoms with E-state index in [0.29, 0.717) is 31.6 Å². The number of ether oxygens (including phenoxy) is 4. The summed E-state index contributed by atoms with van der Waals surface area (Å²) in [5.41, 5.74) is 0. The van der Waals surface area contributed by atoms with Crippen LogP contribution in [0.1, 0.15) is 350 Å². The molecule has 0 radical (unpaired) electrons. The second-order valence-electron chi connectivity index (χ2n) is 26.7. The van der Waals surface area contributed by atoms with E-state index in [4.69, 9.17) is 37.0 Å². The maximum Gasteiger partial charge on any atom is 0.472 e. The Morgan fingerprint density at radius 1 is 0.303 bits per heavy atom. The maximum absolute atomic E-state index is 13.0. The lowest BCUT2D eigenvalue weighted by Crippen LogP contribution is -2.30. The Hall–Kier alpha value is -1.94. The SMILES string of the molecule is CCCCCCCCCC(=O)OC[C@H](COP(=O)(O)OC[C@H](O)COP(=O)(O)OC[C@@H](COC(=O)CCCCCCCCCCCCCC(C)C)OC(=O)CCCCCCCCCCCCCCCCCC(C)C)OC(=O)CCCCCCCCCC(C)C. The van der Waals surface area contributed by atoms with Gasteiger partial charge in [-0.15, -0.1) is 0 Å². The van der Waals surface area contributed by atoms with Gasteiger partial charge in [0, 0.05) is 25.7 Å². The summed E-state index contributed by atoms with van der Waals surface area (Å²) in [6.07, 6.45) is 44.7. The van der Waals surface area contributed by atoms with E-state index in [1.54, 1.807) is 0 Å². The minimum Gasteiger partial charge on any atom is -0.462 e. The Kier molecular flexibility index (Phi) is 59.6. The molecule has 0 saturated heterocycles. The zero-order chi connectivity index (χ0) is 65.9. The van der Waals surface area contributed by atoms with Gasteiger partial charge in [0.25, 0.3) is 0 Å². The molecule has 2 unspecified atom stereocenters. The van der Waals surface area contributed by atoms with E-state index in [-0.39, 0.29) is 25.7 Å². The largest absolute Gasteiger partial charge is 0.472 e. The van der Waals surface area contributed by atoms with Gasteiger partial charge < -0.3 is 33.8 Å². The lowest BCUT2D eigenvalue weighted by molar-refractivity contribution is -0.161. The normalized spacial score (nSPS) is 14.2. The summed E-state index contributed by atoms with van der Waals surface area (Å²) in [7, 11) is -9.89. The predicted octanol–water partition coefficient (Wildman–Crippen LogP) is 19.8. The van der Waals surface area contributed by atoms with Crippen LogP contribution in [0.3, 0.4) is 0 Å². The van der Waals surface area contributed by atoms with Crippen LogP contribution in [0.4, 0.5) is 0 Å². The number of aliphatic hydroxyl groups is 1. The van der Waals surface area contributed by atoms with Gasteiger partial charge in [0.15, 0.2) is 12.2 Å². The summed E-state index contributed by atoms with van der Waals surface area (Å²) >= 11 is 0. The Morgan fingerprint density at radius 2 is 0.517 bits per heavy atom. The Morgan fingerprint density at radius 3 is 0.764 bits per heavy atom. The fourth-order valence-corrected chi connectivity index (χ4v) is 12.1. The second kappa shape index (κ2) is 61.0. The molecule has 17 nitrogen and oxygen atoms in total. The van der Waals surface area contributed by atoms with Crippen molar-refractivity contribution in [2.75, 3.05) is 39.6 Å². The number of phosphoric ester groups is 2. The number of unbranched alkanes of at least 4 members (excludes halogenated alkanes) is 36. The summed E-state index contributed by atoms with van der Waals surface area (Å²) in [5.74, 6) is 0.137. The van der Waals surface area contributed by atoms with Crippen molar-refractivity contribution < 1.29 is 80.2 Å². The molecule has 0 aromatic rings. The Bertz CT molecular complexity index is 1750. The van der Waals surface area contributed by atoms with Gasteiger partial charge in [-0.1, -0.05) is 299 Å². The topological polar surface area (TPSA) is 237 Å². The van der Waals surface area contributed by atoms with Gasteiger partial charge in [-0.3, -0.25) is 37.3 Å². The molecule has 528 valence electrons. The molecule has 0 rings (SSSR count). The highest BCUT2D eigenvalue weighted by Gasteiger charge is 2.30. The highest BCUT2D eigenvalue weighted by Crippen LogP contribution is 2.45. The Balaban J connectivity index is 5.19. The van der Waals surface area contributed by atoms with Gasteiger partial charge >= 0.3 is 39.5 Å². The Labute approximate surface area is 543 Å². The van der Waals surface area contributed by atoms with Crippen LogP contribution in [0.15, 0.2) is 0 Å². The molecule has 0 spiro atoms. The average molecular weight is 1310 g/mol. The highest BCUT2D eigenvalue weighted by molar-refractivity contribution is 7.47. The van der Waals surface area contributed by atoms with E-state index < -0.39 is 97.5 Å². The van der Waals surface area contributed by atoms with Crippen molar-refractivity contribution in [3.8, 4) is 0 Å². The number of esters is 4. The molecule has 0 aromatic heterocycles. The molecule has 0 fully saturated rings. The van der Waals surface area contributed by atoms with Crippen molar-refractivity contribution >= 4 is 39.5 Å². The van der Waals surface area contributed by atoms with Crippen molar-refractivity contribution in [3.63, 3.8) is 0 Å². The number of rotatable bonds is 68. The van der Waals surface area contributed by atoms with Crippen LogP contribution in [-0.4, -0.2) is 96.7 Å². The summed E-state index contributed by atoms with van der Waals surface area (Å²) in [6.45, 7) is 11.8. The summed E-state index contributed by atoms with van der Waals surface area (Å²) in [6, 6.07) is 0. The molecule has 0 aliphatic rings. The molecule has 0 amide bonds. The summed E-state index contributed by atoms with van der Waals surface area (Å²) in [5, 5.41) is 10.6. The van der Waals surface area contributed by atoms with Crippen molar-refractivity contribution in [3.05, 3.63) is 0 Å². The highest BCUT2D eigenvalue weighted by atomic mass is 31.2. The van der Waals surface area contributed by atoms with E-state index in [1.165, 1.54) is 148 Å². The van der Waals surface area contributed by atoms with Crippen LogP contribution >= 0.6 is 15.6 Å². The number of carbonyl (C=O) groups is 4. The second-order valence-corrected chi connectivity index (χ2v) is 29.6. The number of hydrogen-bond acceptors (Lipinski definition) is 15. The fraction of sp³-hybridized carbons (Fsp3) is 0.943. The molecule has 19 heteroatoms. The fourth-order valence-electron chi connectivity index (χ4n) is 10.5. The van der Waals surface area contributed by atoms with Crippen LogP contribution in [0, 0.1) is 17.8 Å². The molecule has 0 aliphatic carbocycles. The quantitative estimate of drug-likeness (QED) is 0.0222. The van der Waals surface area contributed by atoms with Gasteiger partial charge in [-0.05, 0) is 43.4 Å². The molecule has 0 bridgehead atoms. The molecule has 0 aliphatic heterocycles. The van der Waals surface area contributed by atoms with Crippen molar-refractivity contribution in [1.29, 1.82) is 0 Å². The third-order valence-electron chi connectivity index (χ3n) is 16.1. The molecule has 5 atom stereocenters. The van der Waals surface area contributed by atoms with Crippen LogP contribution < -0.4 is 0 Å². The standard InChI is InChI=1S/C70H136O17P2/c1-8-9-10-11-27-37-44-51-67(72)80-57-65(87-70(75)54-47-40-33-26-30-36-43-50-63(6)7)59-84-88(76,77)82-55-64(71)56-83-89(78,79)85-60-66(58-81-68(73)52-45-38-31-24-21-17-19-23-29-35-42-49-62(4)5)86-69(74)53-46-39-32-25-20-16-14-12-13-15-18-22-28-34-41-48-61(2)3/h61-66,71H,8-60H2,1-7H3,(H,76,77)(H,78,79)/t64-,65+,66+/m0/s1. The van der Waals surface area contributed by atoms with E-state index in [9.17, 15) is 43.2 Å². The molecule has 0 saturated carbocycles. The predicted molar refractivity (Wildman–Crippen MR) is 358 cm³/mol. The van der Waals surface area contributed by atoms with E-state index in [0.717, 1.165) is 115 Å². The first kappa shape index (κ1) is 87.1. The first-order valence-corrected chi connectivity index (χ1v) is 39.3. The van der Waals surface area contributed by atoms with Crippen LogP contribution in [0.2, 0.25) is 0 Å². The molecule has 0 aromatic carbocycles. The van der Waals surface area contributed by atoms with Gasteiger partial charge in [-0.25, -0.2) is 9.13 Å². The van der Waals surface area contributed by atoms with Crippen molar-refractivity contribution in [2.24, 2.45) is 17.8 Å². The van der Waals surface area contributed by atoms with Crippen LogP contribution in [0.25, 0.3) is 0 Å². The third kappa shape index (κ3) is 64.6. The van der Waals surface area contributed by atoms with Crippen molar-refractivity contribution in [1.82, 2.24) is 0 Å². The summed E-state index contributed by atoms with van der Waals surface area (Å²) < 4.78 is 68.1. The van der Waals surface area contributed by atoms with Gasteiger partial charge in [0.05, 0.1) is 26.4 Å². The molecule has 89 heavy (non-hydrogen) atoms. The summed E-state index contributed by atoms with van der Waals surface area (Å²) in [4.78, 5) is 72.4. The van der Waals surface area contributed by atoms with Gasteiger partial charge in [-0.2, -0.15) is 0 Å². The van der Waals surface area contributed by atoms with E-state index in [1.807, 2.05) is 0 Å². The zero-order valence-electron chi connectivity index (χ0n) is 57.9. The minimum atomic E-state index is -4.95. The number of hydrogen-bond donors (Lipinski definition) is 3. The first-order valence-electron chi connectivity index (χ1n) is 36.3. The number of phosphoric acid groups is 2. The minimum absolute atomic E-state index is 0.103. The van der Waals surface area contributed by atoms with Crippen molar-refractivity contribution in [2.45, 2.75) is 369 Å². The average Bonchev–Trinajstić information content (AvgIpc) is 3.66. The number of aliphatic hydroxyl groups excluding tert-OH is 1. The monoisotopic (exact) mass is 1310 g/mol. The lowest BCUT2D eigenvalue weighted by Gasteiger charge is -2.21. The smallest absolute Gasteiger partial charge is 0.462 e. The van der Waals surface area contributed by atoms with Crippen LogP contribution in [-0.2, 0) is 65.4 Å². The van der Waals surface area contributed by atoms with E-state index >= 15 is 0 Å². The molecular formula is C70H136O17P2. The third-order valence-corrected chi connectivity index (χ3v) is 18.0. The first-order chi connectivity index (χ1) is 42.7. The number of carbonyl (C=O) groups excluding carboxylic acids is 4.